The molecule has 0 bridgehead atoms. The van der Waals surface area contributed by atoms with Crippen LogP contribution < -0.4 is 5.32 Å². The maximum Gasteiger partial charge on any atom is 0.341 e. The summed E-state index contributed by atoms with van der Waals surface area (Å²) in [5.74, 6) is -0.913. The van der Waals surface area contributed by atoms with Crippen LogP contribution in [0.2, 0.25) is 0 Å². The zero-order valence-electron chi connectivity index (χ0n) is 20.1. The number of amides is 1. The molecule has 8 heteroatoms. The summed E-state index contributed by atoms with van der Waals surface area (Å²) in [6.45, 7) is 0.713. The first-order valence-electron chi connectivity index (χ1n) is 12.6. The van der Waals surface area contributed by atoms with Crippen LogP contribution in [0.1, 0.15) is 77.3 Å². The van der Waals surface area contributed by atoms with E-state index in [9.17, 15) is 19.1 Å². The van der Waals surface area contributed by atoms with Gasteiger partial charge in [-0.15, -0.1) is 11.3 Å². The lowest BCUT2D eigenvalue weighted by molar-refractivity contribution is -0.135. The molecule has 2 heterocycles. The van der Waals surface area contributed by atoms with Crippen molar-refractivity contribution in [2.75, 3.05) is 25.5 Å². The standard InChI is InChI=1S/C27H33FN2O4S/c1-34-26(32)23-19-6-2-3-8-21(19)35-25(23)29-22(31)16-30-15-14-27(33)13-5-4-7-20(27)24(30)17-9-11-18(28)12-10-17/h9-12,20,24,33H,2-8,13-16H2,1H3,(H,29,31). The molecule has 0 radical (unpaired) electrons. The fourth-order valence-corrected chi connectivity index (χ4v) is 7.64. The van der Waals surface area contributed by atoms with Gasteiger partial charge in [-0.2, -0.15) is 0 Å². The van der Waals surface area contributed by atoms with Crippen LogP contribution in [-0.4, -0.2) is 47.7 Å². The molecule has 2 aliphatic carbocycles. The molecule has 1 aromatic heterocycles. The number of aliphatic hydroxyl groups is 1. The van der Waals surface area contributed by atoms with Crippen molar-refractivity contribution in [1.82, 2.24) is 4.90 Å². The largest absolute Gasteiger partial charge is 0.465 e. The first kappa shape index (κ1) is 24.4. The topological polar surface area (TPSA) is 78.9 Å². The molecule has 2 N–H and O–H groups in total. The van der Waals surface area contributed by atoms with Crippen molar-refractivity contribution in [1.29, 1.82) is 0 Å². The average molecular weight is 501 g/mol. The second-order valence-electron chi connectivity index (χ2n) is 10.1. The van der Waals surface area contributed by atoms with Gasteiger partial charge in [0.05, 0.1) is 24.8 Å². The number of halogens is 1. The van der Waals surface area contributed by atoms with Gasteiger partial charge in [0.1, 0.15) is 10.8 Å². The number of nitrogens with one attached hydrogen (secondary N) is 1. The molecule has 1 amide bonds. The Hall–Kier alpha value is -2.29. The van der Waals surface area contributed by atoms with Crippen molar-refractivity contribution in [2.24, 2.45) is 5.92 Å². The molecule has 2 fully saturated rings. The third kappa shape index (κ3) is 4.76. The van der Waals surface area contributed by atoms with E-state index in [4.69, 9.17) is 4.74 Å². The van der Waals surface area contributed by atoms with E-state index < -0.39 is 11.6 Å². The number of piperidine rings is 1. The van der Waals surface area contributed by atoms with Crippen LogP contribution in [0.5, 0.6) is 0 Å². The van der Waals surface area contributed by atoms with E-state index in [0.29, 0.717) is 23.5 Å². The molecule has 3 unspecified atom stereocenters. The SMILES string of the molecule is COC(=O)c1c(NC(=O)CN2CCC3(O)CCCCC3C2c2ccc(F)cc2)sc2c1CCCC2. The van der Waals surface area contributed by atoms with Gasteiger partial charge in [-0.05, 0) is 68.2 Å². The maximum atomic E-state index is 13.7. The molecule has 3 atom stereocenters. The van der Waals surface area contributed by atoms with Gasteiger partial charge in [0.15, 0.2) is 0 Å². The average Bonchev–Trinajstić information content (AvgIpc) is 3.22. The number of carbonyl (C=O) groups is 2. The Morgan fingerprint density at radius 2 is 1.94 bits per heavy atom. The number of hydrogen-bond acceptors (Lipinski definition) is 6. The fourth-order valence-electron chi connectivity index (χ4n) is 6.35. The Bertz CT molecular complexity index is 1100. The molecule has 1 aromatic carbocycles. The minimum Gasteiger partial charge on any atom is -0.465 e. The zero-order chi connectivity index (χ0) is 24.6. The molecule has 1 saturated carbocycles. The molecule has 3 aliphatic rings. The van der Waals surface area contributed by atoms with E-state index in [2.05, 4.69) is 10.2 Å². The Morgan fingerprint density at radius 3 is 2.71 bits per heavy atom. The first-order chi connectivity index (χ1) is 16.9. The van der Waals surface area contributed by atoms with E-state index in [0.717, 1.165) is 67.4 Å². The van der Waals surface area contributed by atoms with Crippen molar-refractivity contribution in [3.05, 3.63) is 51.7 Å². The number of esters is 1. The van der Waals surface area contributed by atoms with Gasteiger partial charge in [0.2, 0.25) is 5.91 Å². The summed E-state index contributed by atoms with van der Waals surface area (Å²) in [6.07, 6.45) is 8.14. The van der Waals surface area contributed by atoms with Crippen molar-refractivity contribution < 1.29 is 23.8 Å². The summed E-state index contributed by atoms with van der Waals surface area (Å²) in [5.41, 5.74) is 1.68. The Morgan fingerprint density at radius 1 is 1.17 bits per heavy atom. The summed E-state index contributed by atoms with van der Waals surface area (Å²) in [6, 6.07) is 6.27. The van der Waals surface area contributed by atoms with Gasteiger partial charge in [0, 0.05) is 23.4 Å². The van der Waals surface area contributed by atoms with Gasteiger partial charge in [-0.25, -0.2) is 9.18 Å². The Balaban J connectivity index is 1.40. The number of nitrogens with zero attached hydrogens (tertiary/aromatic N) is 1. The Labute approximate surface area is 209 Å². The minimum absolute atomic E-state index is 0.0112. The molecule has 1 saturated heterocycles. The van der Waals surface area contributed by atoms with Crippen molar-refractivity contribution in [3.8, 4) is 0 Å². The van der Waals surface area contributed by atoms with E-state index in [1.165, 1.54) is 30.6 Å². The highest BCUT2D eigenvalue weighted by Gasteiger charge is 2.49. The summed E-state index contributed by atoms with van der Waals surface area (Å²) < 4.78 is 18.7. The number of hydrogen-bond donors (Lipinski definition) is 2. The van der Waals surface area contributed by atoms with Crippen LogP contribution in [0.4, 0.5) is 9.39 Å². The summed E-state index contributed by atoms with van der Waals surface area (Å²) in [7, 11) is 1.37. The monoisotopic (exact) mass is 500 g/mol. The van der Waals surface area contributed by atoms with E-state index >= 15 is 0 Å². The van der Waals surface area contributed by atoms with Gasteiger partial charge < -0.3 is 15.2 Å². The van der Waals surface area contributed by atoms with Crippen molar-refractivity contribution in [2.45, 2.75) is 69.4 Å². The molecular weight excluding hydrogens is 467 g/mol. The van der Waals surface area contributed by atoms with Gasteiger partial charge in [-0.3, -0.25) is 9.69 Å². The minimum atomic E-state index is -0.755. The number of ether oxygens (including phenoxy) is 1. The summed E-state index contributed by atoms with van der Waals surface area (Å²) >= 11 is 1.48. The predicted molar refractivity (Wildman–Crippen MR) is 133 cm³/mol. The predicted octanol–water partition coefficient (Wildman–Crippen LogP) is 4.86. The normalized spacial score (nSPS) is 26.5. The molecule has 0 spiro atoms. The van der Waals surface area contributed by atoms with Crippen LogP contribution >= 0.6 is 11.3 Å². The highest BCUT2D eigenvalue weighted by molar-refractivity contribution is 7.17. The Kier molecular flexibility index (Phi) is 6.97. The van der Waals surface area contributed by atoms with Crippen LogP contribution in [0.15, 0.2) is 24.3 Å². The smallest absolute Gasteiger partial charge is 0.341 e. The molecular formula is C27H33FN2O4S. The van der Waals surface area contributed by atoms with Gasteiger partial charge >= 0.3 is 5.97 Å². The van der Waals surface area contributed by atoms with Crippen molar-refractivity contribution >= 4 is 28.2 Å². The first-order valence-corrected chi connectivity index (χ1v) is 13.5. The fraction of sp³-hybridized carbons (Fsp3) is 0.556. The van der Waals surface area contributed by atoms with Crippen LogP contribution in [0.25, 0.3) is 0 Å². The van der Waals surface area contributed by atoms with Gasteiger partial charge in [0.25, 0.3) is 0 Å². The second-order valence-corrected chi connectivity index (χ2v) is 11.2. The quantitative estimate of drug-likeness (QED) is 0.574. The number of fused-ring (bicyclic) bond motifs is 2. The van der Waals surface area contributed by atoms with Gasteiger partial charge in [-0.1, -0.05) is 25.0 Å². The van der Waals surface area contributed by atoms with Crippen LogP contribution in [0.3, 0.4) is 0 Å². The number of methoxy groups -OCH3 is 1. The number of benzene rings is 1. The van der Waals surface area contributed by atoms with E-state index in [1.807, 2.05) is 0 Å². The number of anilines is 1. The van der Waals surface area contributed by atoms with Crippen LogP contribution in [0, 0.1) is 11.7 Å². The third-order valence-electron chi connectivity index (χ3n) is 8.04. The zero-order valence-corrected chi connectivity index (χ0v) is 21.0. The molecule has 6 nitrogen and oxygen atoms in total. The summed E-state index contributed by atoms with van der Waals surface area (Å²) in [4.78, 5) is 29.1. The second kappa shape index (κ2) is 9.99. The molecule has 1 aliphatic heterocycles. The lowest BCUT2D eigenvalue weighted by Gasteiger charge is -2.52. The third-order valence-corrected chi connectivity index (χ3v) is 9.25. The lowest BCUT2D eigenvalue weighted by Crippen LogP contribution is -2.56. The number of aryl methyl sites for hydroxylation is 1. The highest BCUT2D eigenvalue weighted by atomic mass is 32.1. The number of thiophene rings is 1. The number of likely N-dealkylation sites (tertiary alicyclic amines) is 1. The maximum absolute atomic E-state index is 13.7. The number of carbonyl (C=O) groups excluding carboxylic acids is 2. The van der Waals surface area contributed by atoms with E-state index in [-0.39, 0.29) is 30.2 Å². The summed E-state index contributed by atoms with van der Waals surface area (Å²) in [5, 5.41) is 15.0. The van der Waals surface area contributed by atoms with Crippen LogP contribution in [-0.2, 0) is 22.4 Å². The highest BCUT2D eigenvalue weighted by Crippen LogP contribution is 2.49. The van der Waals surface area contributed by atoms with E-state index in [1.54, 1.807) is 12.1 Å². The molecule has 5 rings (SSSR count). The molecule has 35 heavy (non-hydrogen) atoms. The number of rotatable bonds is 5. The lowest BCUT2D eigenvalue weighted by atomic mass is 9.66. The molecule has 188 valence electrons. The van der Waals surface area contributed by atoms with Crippen molar-refractivity contribution in [3.63, 3.8) is 0 Å². The molecule has 2 aromatic rings.